The van der Waals surface area contributed by atoms with Crippen LogP contribution in [0.1, 0.15) is 18.9 Å². The van der Waals surface area contributed by atoms with Crippen molar-refractivity contribution in [3.05, 3.63) is 34.3 Å². The van der Waals surface area contributed by atoms with Crippen LogP contribution >= 0.6 is 0 Å². The second-order valence-corrected chi connectivity index (χ2v) is 4.29. The van der Waals surface area contributed by atoms with Crippen LogP contribution in [-0.4, -0.2) is 17.6 Å². The largest absolute Gasteiger partial charge is 0.417 e. The van der Waals surface area contributed by atoms with Gasteiger partial charge in [0.25, 0.3) is 0 Å². The zero-order valence-electron chi connectivity index (χ0n) is 9.82. The predicted molar refractivity (Wildman–Crippen MR) is 66.8 cm³/mol. The minimum absolute atomic E-state index is 0.215. The van der Waals surface area contributed by atoms with Gasteiger partial charge in [0.1, 0.15) is 0 Å². The van der Waals surface area contributed by atoms with Crippen molar-refractivity contribution >= 4 is 11.1 Å². The Labute approximate surface area is 99.0 Å². The van der Waals surface area contributed by atoms with E-state index in [1.807, 2.05) is 25.1 Å². The van der Waals surface area contributed by atoms with E-state index < -0.39 is 5.76 Å². The van der Waals surface area contributed by atoms with Crippen LogP contribution in [0.2, 0.25) is 0 Å². The number of hydrogen-bond acceptors (Lipinski definition) is 4. The number of benzene rings is 1. The van der Waals surface area contributed by atoms with E-state index in [-0.39, 0.29) is 6.04 Å². The number of oxazole rings is 1. The van der Waals surface area contributed by atoms with Gasteiger partial charge >= 0.3 is 5.76 Å². The molecule has 1 aromatic carbocycles. The average molecular weight is 235 g/mol. The van der Waals surface area contributed by atoms with Crippen molar-refractivity contribution in [1.82, 2.24) is 10.3 Å². The van der Waals surface area contributed by atoms with Gasteiger partial charge in [0.2, 0.25) is 0 Å². The molecule has 0 aliphatic carbocycles. The quantitative estimate of drug-likeness (QED) is 0.674. The Hall–Kier alpha value is -1.59. The highest BCUT2D eigenvalue weighted by Crippen LogP contribution is 2.11. The molecule has 0 radical (unpaired) electrons. The molecule has 0 aliphatic heterocycles. The Kier molecular flexibility index (Phi) is 3.61. The molecule has 1 heterocycles. The van der Waals surface area contributed by atoms with Gasteiger partial charge in [-0.25, -0.2) is 4.79 Å². The van der Waals surface area contributed by atoms with E-state index in [0.717, 1.165) is 30.6 Å². The number of aromatic nitrogens is 1. The number of nitrogens with one attached hydrogen (secondary N) is 2. The van der Waals surface area contributed by atoms with E-state index in [1.165, 1.54) is 0 Å². The molecule has 0 saturated heterocycles. The summed E-state index contributed by atoms with van der Waals surface area (Å²) >= 11 is 0. The summed E-state index contributed by atoms with van der Waals surface area (Å²) in [6.07, 6.45) is 0.946. The molecule has 1 atom stereocenters. The van der Waals surface area contributed by atoms with Crippen LogP contribution < -0.4 is 16.8 Å². The van der Waals surface area contributed by atoms with Crippen molar-refractivity contribution in [2.24, 2.45) is 5.73 Å². The summed E-state index contributed by atoms with van der Waals surface area (Å²) in [5.74, 6) is -0.415. The lowest BCUT2D eigenvalue weighted by Crippen LogP contribution is -2.23. The summed E-state index contributed by atoms with van der Waals surface area (Å²) in [4.78, 5) is 13.6. The number of aromatic amines is 1. The van der Waals surface area contributed by atoms with E-state index in [9.17, 15) is 4.79 Å². The van der Waals surface area contributed by atoms with Gasteiger partial charge in [0.15, 0.2) is 5.58 Å². The molecule has 2 aromatic rings. The Morgan fingerprint density at radius 3 is 3.12 bits per heavy atom. The number of H-pyrrole nitrogens is 1. The monoisotopic (exact) mass is 235 g/mol. The van der Waals surface area contributed by atoms with Gasteiger partial charge < -0.3 is 15.5 Å². The fraction of sp³-hybridized carbons (Fsp3) is 0.417. The first-order valence-electron chi connectivity index (χ1n) is 5.73. The molecule has 1 unspecified atom stereocenters. The fourth-order valence-electron chi connectivity index (χ4n) is 1.66. The molecule has 17 heavy (non-hydrogen) atoms. The number of hydrogen-bond donors (Lipinski definition) is 3. The summed E-state index contributed by atoms with van der Waals surface area (Å²) in [6, 6.07) is 5.90. The molecule has 92 valence electrons. The molecular formula is C12H17N3O2. The lowest BCUT2D eigenvalue weighted by molar-refractivity contribution is 0.554. The number of rotatable bonds is 5. The van der Waals surface area contributed by atoms with Gasteiger partial charge in [-0.05, 0) is 37.6 Å². The van der Waals surface area contributed by atoms with Crippen LogP contribution in [0.25, 0.3) is 11.1 Å². The second kappa shape index (κ2) is 5.16. The number of fused-ring (bicyclic) bond motifs is 1. The van der Waals surface area contributed by atoms with Crippen LogP contribution in [0.15, 0.2) is 27.4 Å². The first-order valence-corrected chi connectivity index (χ1v) is 5.73. The van der Waals surface area contributed by atoms with Crippen LogP contribution in [0.5, 0.6) is 0 Å². The zero-order chi connectivity index (χ0) is 12.3. The summed E-state index contributed by atoms with van der Waals surface area (Å²) in [7, 11) is 0. The van der Waals surface area contributed by atoms with Gasteiger partial charge in [-0.3, -0.25) is 4.98 Å². The third-order valence-corrected chi connectivity index (χ3v) is 2.59. The summed E-state index contributed by atoms with van der Waals surface area (Å²) in [5, 5.41) is 3.29. The smallest absolute Gasteiger partial charge is 0.408 e. The first kappa shape index (κ1) is 11.9. The van der Waals surface area contributed by atoms with Crippen molar-refractivity contribution in [3.8, 4) is 0 Å². The van der Waals surface area contributed by atoms with E-state index >= 15 is 0 Å². The third kappa shape index (κ3) is 3.18. The normalized spacial score (nSPS) is 13.1. The van der Waals surface area contributed by atoms with Crippen molar-refractivity contribution < 1.29 is 4.42 Å². The lowest BCUT2D eigenvalue weighted by Gasteiger charge is -2.06. The molecule has 0 aliphatic rings. The molecule has 1 aromatic heterocycles. The average Bonchev–Trinajstić information content (AvgIpc) is 2.63. The number of nitrogens with two attached hydrogens (primary N) is 1. The maximum absolute atomic E-state index is 11.0. The summed E-state index contributed by atoms with van der Waals surface area (Å²) < 4.78 is 4.99. The Balaban J connectivity index is 1.97. The van der Waals surface area contributed by atoms with Crippen molar-refractivity contribution in [3.63, 3.8) is 0 Å². The molecule has 0 amide bonds. The molecule has 0 saturated carbocycles. The second-order valence-electron chi connectivity index (χ2n) is 4.29. The van der Waals surface area contributed by atoms with Gasteiger partial charge in [0.05, 0.1) is 5.52 Å². The van der Waals surface area contributed by atoms with E-state index in [4.69, 9.17) is 10.2 Å². The zero-order valence-corrected chi connectivity index (χ0v) is 9.82. The highest BCUT2D eigenvalue weighted by Gasteiger charge is 2.02. The van der Waals surface area contributed by atoms with Crippen LogP contribution in [0.3, 0.4) is 0 Å². The molecule has 5 nitrogen and oxygen atoms in total. The van der Waals surface area contributed by atoms with Gasteiger partial charge in [-0.2, -0.15) is 0 Å². The highest BCUT2D eigenvalue weighted by atomic mass is 16.4. The summed E-state index contributed by atoms with van der Waals surface area (Å²) in [5.41, 5.74) is 8.07. The third-order valence-electron chi connectivity index (χ3n) is 2.59. The highest BCUT2D eigenvalue weighted by molar-refractivity contribution is 5.72. The summed E-state index contributed by atoms with van der Waals surface area (Å²) in [6.45, 7) is 3.62. The van der Waals surface area contributed by atoms with Gasteiger partial charge in [0, 0.05) is 12.6 Å². The van der Waals surface area contributed by atoms with Crippen LogP contribution in [0, 0.1) is 0 Å². The maximum Gasteiger partial charge on any atom is 0.417 e. The predicted octanol–water partition coefficient (Wildman–Crippen LogP) is 0.948. The van der Waals surface area contributed by atoms with E-state index in [0.29, 0.717) is 5.58 Å². The molecular weight excluding hydrogens is 218 g/mol. The Morgan fingerprint density at radius 2 is 2.35 bits per heavy atom. The molecule has 0 bridgehead atoms. The van der Waals surface area contributed by atoms with Gasteiger partial charge in [-0.1, -0.05) is 6.07 Å². The Morgan fingerprint density at radius 1 is 1.53 bits per heavy atom. The van der Waals surface area contributed by atoms with E-state index in [1.54, 1.807) is 0 Å². The molecule has 2 rings (SSSR count). The Bertz CT molecular complexity index is 542. The van der Waals surface area contributed by atoms with Crippen molar-refractivity contribution in [2.75, 3.05) is 6.54 Å². The SMILES string of the molecule is CC(N)CCNCc1ccc2[nH]c(=O)oc2c1. The first-order chi connectivity index (χ1) is 8.15. The fourth-order valence-corrected chi connectivity index (χ4v) is 1.66. The molecule has 0 spiro atoms. The lowest BCUT2D eigenvalue weighted by atomic mass is 10.2. The van der Waals surface area contributed by atoms with E-state index in [2.05, 4.69) is 10.3 Å². The van der Waals surface area contributed by atoms with Crippen molar-refractivity contribution in [1.29, 1.82) is 0 Å². The molecule has 5 heteroatoms. The maximum atomic E-state index is 11.0. The molecule has 4 N–H and O–H groups in total. The molecule has 0 fully saturated rings. The minimum atomic E-state index is -0.415. The standard InChI is InChI=1S/C12H17N3O2/c1-8(13)4-5-14-7-9-2-3-10-11(6-9)17-12(16)15-10/h2-3,6,8,14H,4-5,7,13H2,1H3,(H,15,16). The topological polar surface area (TPSA) is 84.0 Å². The van der Waals surface area contributed by atoms with Crippen molar-refractivity contribution in [2.45, 2.75) is 25.9 Å². The minimum Gasteiger partial charge on any atom is -0.408 e. The van der Waals surface area contributed by atoms with Crippen LogP contribution in [-0.2, 0) is 6.54 Å². The van der Waals surface area contributed by atoms with Crippen LogP contribution in [0.4, 0.5) is 0 Å². The van der Waals surface area contributed by atoms with Gasteiger partial charge in [-0.15, -0.1) is 0 Å².